The number of hydrogen-bond acceptors (Lipinski definition) is 13. The number of rotatable bonds is 25. The third-order valence-corrected chi connectivity index (χ3v) is 9.60. The van der Waals surface area contributed by atoms with Gasteiger partial charge in [0.1, 0.15) is 42.3 Å². The van der Waals surface area contributed by atoms with Crippen molar-refractivity contribution in [1.29, 1.82) is 0 Å². The highest BCUT2D eigenvalue weighted by Gasteiger charge is 2.37. The number of nitrogens with two attached hydrogens (primary N) is 1. The number of carbonyl (C=O) groups excluding carboxylic acids is 8. The molecule has 13 N–H and O–H groups in total. The molecule has 0 spiro atoms. The summed E-state index contributed by atoms with van der Waals surface area (Å²) in [6, 6.07) is -9.01. The molecule has 9 unspecified atom stereocenters. The maximum absolute atomic E-state index is 13.2. The van der Waals surface area contributed by atoms with Gasteiger partial charge in [-0.1, -0.05) is 48.0 Å². The number of aliphatic hydroxyl groups is 3. The van der Waals surface area contributed by atoms with Crippen LogP contribution < -0.4 is 43.0 Å². The molecule has 336 valence electrons. The second-order valence-electron chi connectivity index (χ2n) is 15.6. The Hall–Kier alpha value is -4.93. The quantitative estimate of drug-likeness (QED) is 0.0413. The SMILES string of the molecule is CCC(C)C(NC(=O)C(N)CO)C(=O)NC(C(=O)NCC(=O)NC(CO)C(=O)NC(CC(C)C)C(=O)NCC(=O)N1CCCC1C(=O)NC(CC(C)C)C(=O)O)C(C)O. The Labute approximate surface area is 343 Å². The molecule has 0 bridgehead atoms. The number of carboxylic acid groups (broad SMARTS) is 1. The van der Waals surface area contributed by atoms with Gasteiger partial charge < -0.3 is 68.3 Å². The smallest absolute Gasteiger partial charge is 0.326 e. The molecule has 22 heteroatoms. The van der Waals surface area contributed by atoms with Crippen molar-refractivity contribution in [3.8, 4) is 0 Å². The van der Waals surface area contributed by atoms with Gasteiger partial charge in [0.05, 0.1) is 32.4 Å². The van der Waals surface area contributed by atoms with Gasteiger partial charge in [0.25, 0.3) is 0 Å². The fraction of sp³-hybridized carbons (Fsp3) is 0.757. The largest absolute Gasteiger partial charge is 0.480 e. The van der Waals surface area contributed by atoms with Crippen LogP contribution in [0, 0.1) is 17.8 Å². The minimum Gasteiger partial charge on any atom is -0.480 e. The van der Waals surface area contributed by atoms with Crippen LogP contribution in [-0.4, -0.2) is 160 Å². The minimum absolute atomic E-state index is 0.0152. The lowest BCUT2D eigenvalue weighted by atomic mass is 9.97. The summed E-state index contributed by atoms with van der Waals surface area (Å²) in [7, 11) is 0. The summed E-state index contributed by atoms with van der Waals surface area (Å²) in [4.78, 5) is 117. The Balaban J connectivity index is 2.89. The summed E-state index contributed by atoms with van der Waals surface area (Å²) in [6.45, 7) is 9.01. The zero-order chi connectivity index (χ0) is 45.1. The number of aliphatic hydroxyl groups excluding tert-OH is 3. The van der Waals surface area contributed by atoms with E-state index in [9.17, 15) is 63.6 Å². The van der Waals surface area contributed by atoms with Gasteiger partial charge in [-0.3, -0.25) is 38.4 Å². The molecule has 9 atom stereocenters. The molecule has 1 fully saturated rings. The number of carboxylic acids is 1. The number of hydrogen-bond donors (Lipinski definition) is 12. The maximum Gasteiger partial charge on any atom is 0.326 e. The Morgan fingerprint density at radius 2 is 1.25 bits per heavy atom. The van der Waals surface area contributed by atoms with Crippen molar-refractivity contribution in [1.82, 2.24) is 42.1 Å². The van der Waals surface area contributed by atoms with Crippen LogP contribution in [0.3, 0.4) is 0 Å². The van der Waals surface area contributed by atoms with Gasteiger partial charge in [0, 0.05) is 6.54 Å². The van der Waals surface area contributed by atoms with E-state index in [2.05, 4.69) is 37.2 Å². The van der Waals surface area contributed by atoms with Crippen LogP contribution in [0.15, 0.2) is 0 Å². The normalized spacial score (nSPS) is 17.9. The van der Waals surface area contributed by atoms with Crippen LogP contribution in [0.1, 0.15) is 80.6 Å². The molecule has 1 rings (SSSR count). The average molecular weight is 844 g/mol. The van der Waals surface area contributed by atoms with Crippen LogP contribution >= 0.6 is 0 Å². The monoisotopic (exact) mass is 843 g/mol. The fourth-order valence-electron chi connectivity index (χ4n) is 6.07. The third kappa shape index (κ3) is 17.4. The summed E-state index contributed by atoms with van der Waals surface area (Å²) in [5, 5.41) is 55.5. The molecule has 59 heavy (non-hydrogen) atoms. The van der Waals surface area contributed by atoms with Crippen molar-refractivity contribution in [2.75, 3.05) is 32.8 Å². The van der Waals surface area contributed by atoms with Crippen molar-refractivity contribution in [3.63, 3.8) is 0 Å². The number of nitrogens with one attached hydrogen (secondary N) is 7. The van der Waals surface area contributed by atoms with E-state index in [0.717, 1.165) is 0 Å². The molecule has 1 heterocycles. The first-order valence-electron chi connectivity index (χ1n) is 19.8. The molecular formula is C37H65N9O13. The topological polar surface area (TPSA) is 348 Å². The standard InChI is InChI=1S/C37H65N9O13/c1-8-20(6)29(44-31(52)22(38)16-47)36(57)45-30(21(7)49)35(56)39-14-27(50)41-25(17-48)33(54)42-23(12-18(2)3)32(53)40-15-28(51)46-11-9-10-26(46)34(55)43-24(37(58)59)13-19(4)5/h18-26,29-30,47-49H,8-17,38H2,1-7H3,(H,39,56)(H,40,53)(H,41,50)(H,42,54)(H,43,55)(H,44,52)(H,45,57)(H,58,59). The molecule has 0 aromatic heterocycles. The van der Waals surface area contributed by atoms with Crippen LogP contribution in [-0.2, 0) is 43.2 Å². The molecule has 0 radical (unpaired) electrons. The number of carbonyl (C=O) groups is 9. The molecule has 22 nitrogen and oxygen atoms in total. The van der Waals surface area contributed by atoms with E-state index in [1.807, 2.05) is 13.8 Å². The highest BCUT2D eigenvalue weighted by molar-refractivity contribution is 5.97. The van der Waals surface area contributed by atoms with Crippen molar-refractivity contribution < 1.29 is 63.6 Å². The lowest BCUT2D eigenvalue weighted by Crippen LogP contribution is -2.60. The first kappa shape index (κ1) is 52.1. The van der Waals surface area contributed by atoms with Gasteiger partial charge in [-0.25, -0.2) is 4.79 Å². The van der Waals surface area contributed by atoms with Gasteiger partial charge in [0.15, 0.2) is 0 Å². The van der Waals surface area contributed by atoms with E-state index in [1.54, 1.807) is 27.7 Å². The summed E-state index contributed by atoms with van der Waals surface area (Å²) in [5.74, 6) is -8.43. The van der Waals surface area contributed by atoms with Crippen LogP contribution in [0.4, 0.5) is 0 Å². The van der Waals surface area contributed by atoms with E-state index in [1.165, 1.54) is 11.8 Å². The van der Waals surface area contributed by atoms with Crippen LogP contribution in [0.25, 0.3) is 0 Å². The van der Waals surface area contributed by atoms with Crippen molar-refractivity contribution >= 4 is 53.2 Å². The highest BCUT2D eigenvalue weighted by Crippen LogP contribution is 2.18. The lowest BCUT2D eigenvalue weighted by Gasteiger charge is -2.28. The van der Waals surface area contributed by atoms with Crippen molar-refractivity contribution in [2.45, 2.75) is 129 Å². The predicted octanol–water partition coefficient (Wildman–Crippen LogP) is -4.45. The summed E-state index contributed by atoms with van der Waals surface area (Å²) < 4.78 is 0. The summed E-state index contributed by atoms with van der Waals surface area (Å²) >= 11 is 0. The Kier molecular flexibility index (Phi) is 22.5. The maximum atomic E-state index is 13.2. The van der Waals surface area contributed by atoms with E-state index in [0.29, 0.717) is 19.3 Å². The number of aliphatic carboxylic acids is 1. The number of nitrogens with zero attached hydrogens (tertiary/aromatic N) is 1. The molecule has 1 aliphatic heterocycles. The van der Waals surface area contributed by atoms with Gasteiger partial charge in [-0.2, -0.15) is 0 Å². The molecule has 1 aliphatic rings. The molecule has 8 amide bonds. The Bertz CT molecular complexity index is 1480. The van der Waals surface area contributed by atoms with E-state index >= 15 is 0 Å². The summed E-state index contributed by atoms with van der Waals surface area (Å²) in [5.41, 5.74) is 5.54. The highest BCUT2D eigenvalue weighted by atomic mass is 16.4. The van der Waals surface area contributed by atoms with E-state index in [4.69, 9.17) is 5.73 Å². The van der Waals surface area contributed by atoms with Gasteiger partial charge in [-0.15, -0.1) is 0 Å². The second kappa shape index (κ2) is 25.5. The third-order valence-electron chi connectivity index (χ3n) is 9.60. The molecule has 1 saturated heterocycles. The van der Waals surface area contributed by atoms with Crippen LogP contribution in [0.2, 0.25) is 0 Å². The second-order valence-corrected chi connectivity index (χ2v) is 15.6. The lowest BCUT2D eigenvalue weighted by molar-refractivity contribution is -0.144. The van der Waals surface area contributed by atoms with Gasteiger partial charge >= 0.3 is 5.97 Å². The number of likely N-dealkylation sites (tertiary alicyclic amines) is 1. The Morgan fingerprint density at radius 1 is 0.678 bits per heavy atom. The van der Waals surface area contributed by atoms with E-state index in [-0.39, 0.29) is 31.2 Å². The molecule has 0 aromatic rings. The minimum atomic E-state index is -1.60. The molecular weight excluding hydrogens is 778 g/mol. The van der Waals surface area contributed by atoms with Crippen molar-refractivity contribution in [2.24, 2.45) is 23.5 Å². The van der Waals surface area contributed by atoms with E-state index < -0.39 is 134 Å². The first-order chi connectivity index (χ1) is 27.6. The fourth-order valence-corrected chi connectivity index (χ4v) is 6.07. The van der Waals surface area contributed by atoms with Gasteiger partial charge in [-0.05, 0) is 50.4 Å². The zero-order valence-electron chi connectivity index (χ0n) is 34.9. The number of amides is 8. The molecule has 0 aromatic carbocycles. The zero-order valence-corrected chi connectivity index (χ0v) is 34.9. The van der Waals surface area contributed by atoms with Crippen LogP contribution in [0.5, 0.6) is 0 Å². The molecule has 0 saturated carbocycles. The molecule has 0 aliphatic carbocycles. The predicted molar refractivity (Wildman–Crippen MR) is 210 cm³/mol. The first-order valence-corrected chi connectivity index (χ1v) is 19.8. The van der Waals surface area contributed by atoms with Crippen molar-refractivity contribution in [3.05, 3.63) is 0 Å². The average Bonchev–Trinajstić information content (AvgIpc) is 3.67. The Morgan fingerprint density at radius 3 is 1.78 bits per heavy atom. The van der Waals surface area contributed by atoms with Gasteiger partial charge in [0.2, 0.25) is 47.3 Å². The summed E-state index contributed by atoms with van der Waals surface area (Å²) in [6.07, 6.45) is -0.0197.